The zero-order valence-electron chi connectivity index (χ0n) is 18.8. The third-order valence-electron chi connectivity index (χ3n) is 5.77. The summed E-state index contributed by atoms with van der Waals surface area (Å²) in [6.45, 7) is 4.06. The molecule has 0 spiro atoms. The number of anilines is 1. The Kier molecular flexibility index (Phi) is 8.21. The van der Waals surface area contributed by atoms with Crippen molar-refractivity contribution in [2.45, 2.75) is 19.3 Å². The molecule has 1 aliphatic heterocycles. The van der Waals surface area contributed by atoms with Crippen molar-refractivity contribution >= 4 is 34.9 Å². The molecule has 1 saturated heterocycles. The van der Waals surface area contributed by atoms with E-state index in [1.807, 2.05) is 12.1 Å². The minimum absolute atomic E-state index is 0.0867. The molecule has 1 aliphatic rings. The number of carbonyl (C=O) groups excluding carboxylic acids is 1. The molecular formula is C25H27Cl2N5O2. The summed E-state index contributed by atoms with van der Waals surface area (Å²) >= 11 is 12.4. The number of ether oxygens (including phenoxy) is 1. The number of nitrogens with one attached hydrogen (secondary N) is 1. The van der Waals surface area contributed by atoms with E-state index in [-0.39, 0.29) is 17.6 Å². The predicted molar refractivity (Wildman–Crippen MR) is 136 cm³/mol. The Morgan fingerprint density at radius 1 is 1.09 bits per heavy atom. The van der Waals surface area contributed by atoms with E-state index in [9.17, 15) is 4.79 Å². The molecular weight excluding hydrogens is 473 g/mol. The van der Waals surface area contributed by atoms with Crippen LogP contribution in [0, 0.1) is 0 Å². The monoisotopic (exact) mass is 499 g/mol. The molecule has 0 saturated carbocycles. The average molecular weight is 500 g/mol. The molecule has 7 nitrogen and oxygen atoms in total. The third-order valence-corrected chi connectivity index (χ3v) is 6.48. The second-order valence-corrected chi connectivity index (χ2v) is 8.94. The SMILES string of the molecule is Nc1ncc(-c2ccc(C(=O)NCCN3CCCC3)cc2)nc1OCCc1c(Cl)cccc1Cl. The van der Waals surface area contributed by atoms with Crippen molar-refractivity contribution in [2.24, 2.45) is 0 Å². The average Bonchev–Trinajstić information content (AvgIpc) is 3.36. The molecule has 3 N–H and O–H groups in total. The maximum Gasteiger partial charge on any atom is 0.257 e. The van der Waals surface area contributed by atoms with Gasteiger partial charge in [0.25, 0.3) is 11.8 Å². The van der Waals surface area contributed by atoms with Gasteiger partial charge in [0.2, 0.25) is 0 Å². The topological polar surface area (TPSA) is 93.4 Å². The second-order valence-electron chi connectivity index (χ2n) is 8.13. The summed E-state index contributed by atoms with van der Waals surface area (Å²) in [6, 6.07) is 12.6. The fourth-order valence-electron chi connectivity index (χ4n) is 3.88. The van der Waals surface area contributed by atoms with Crippen LogP contribution in [0.5, 0.6) is 5.88 Å². The highest BCUT2D eigenvalue weighted by molar-refractivity contribution is 6.36. The minimum Gasteiger partial charge on any atom is -0.475 e. The van der Waals surface area contributed by atoms with Gasteiger partial charge in [0.15, 0.2) is 5.82 Å². The van der Waals surface area contributed by atoms with Gasteiger partial charge in [-0.1, -0.05) is 41.4 Å². The van der Waals surface area contributed by atoms with E-state index < -0.39 is 0 Å². The number of carbonyl (C=O) groups is 1. The number of amides is 1. The highest BCUT2D eigenvalue weighted by atomic mass is 35.5. The van der Waals surface area contributed by atoms with E-state index >= 15 is 0 Å². The molecule has 1 aromatic heterocycles. The lowest BCUT2D eigenvalue weighted by atomic mass is 10.1. The van der Waals surface area contributed by atoms with Crippen LogP contribution in [-0.4, -0.2) is 53.6 Å². The summed E-state index contributed by atoms with van der Waals surface area (Å²) in [4.78, 5) is 23.5. The molecule has 178 valence electrons. The van der Waals surface area contributed by atoms with E-state index in [1.54, 1.807) is 36.5 Å². The lowest BCUT2D eigenvalue weighted by Gasteiger charge is -2.14. The van der Waals surface area contributed by atoms with Gasteiger partial charge in [0.1, 0.15) is 0 Å². The van der Waals surface area contributed by atoms with Gasteiger partial charge in [0.05, 0.1) is 18.5 Å². The molecule has 4 rings (SSSR count). The number of nitrogens with zero attached hydrogens (tertiary/aromatic N) is 3. The van der Waals surface area contributed by atoms with Crippen molar-refractivity contribution in [2.75, 3.05) is 38.5 Å². The number of aromatic nitrogens is 2. The van der Waals surface area contributed by atoms with Crippen LogP contribution in [0.1, 0.15) is 28.8 Å². The van der Waals surface area contributed by atoms with Crippen molar-refractivity contribution in [1.82, 2.24) is 20.2 Å². The number of benzene rings is 2. The first-order chi connectivity index (χ1) is 16.5. The Morgan fingerprint density at radius 2 is 1.79 bits per heavy atom. The molecule has 0 bridgehead atoms. The number of rotatable bonds is 9. The summed E-state index contributed by atoms with van der Waals surface area (Å²) in [6.07, 6.45) is 4.57. The molecule has 0 unspecified atom stereocenters. The van der Waals surface area contributed by atoms with Crippen LogP contribution >= 0.6 is 23.2 Å². The number of likely N-dealkylation sites (tertiary alicyclic amines) is 1. The molecule has 2 heterocycles. The highest BCUT2D eigenvalue weighted by Crippen LogP contribution is 2.26. The standard InChI is InChI=1S/C25H27Cl2N5O2/c26-20-4-3-5-21(27)19(20)10-15-34-25-23(28)30-16-22(31-25)17-6-8-18(9-7-17)24(33)29-11-14-32-12-1-2-13-32/h3-9,16H,1-2,10-15H2,(H2,28,30)(H,29,33). The van der Waals surface area contributed by atoms with Crippen LogP contribution in [-0.2, 0) is 6.42 Å². The van der Waals surface area contributed by atoms with E-state index in [4.69, 9.17) is 33.7 Å². The first-order valence-corrected chi connectivity index (χ1v) is 12.1. The fraction of sp³-hybridized carbons (Fsp3) is 0.320. The number of nitrogens with two attached hydrogens (primary N) is 1. The summed E-state index contributed by atoms with van der Waals surface area (Å²) in [7, 11) is 0. The zero-order valence-corrected chi connectivity index (χ0v) is 20.3. The van der Waals surface area contributed by atoms with Crippen molar-refractivity contribution in [3.63, 3.8) is 0 Å². The van der Waals surface area contributed by atoms with Crippen molar-refractivity contribution < 1.29 is 9.53 Å². The van der Waals surface area contributed by atoms with Gasteiger partial charge in [-0.2, -0.15) is 0 Å². The molecule has 1 amide bonds. The summed E-state index contributed by atoms with van der Waals surface area (Å²) in [5.74, 6) is 0.351. The van der Waals surface area contributed by atoms with Crippen LogP contribution in [0.25, 0.3) is 11.3 Å². The lowest BCUT2D eigenvalue weighted by molar-refractivity contribution is 0.0950. The van der Waals surface area contributed by atoms with Gasteiger partial charge >= 0.3 is 0 Å². The Morgan fingerprint density at radius 3 is 2.50 bits per heavy atom. The molecule has 3 aromatic rings. The van der Waals surface area contributed by atoms with Crippen molar-refractivity contribution in [3.8, 4) is 17.1 Å². The fourth-order valence-corrected chi connectivity index (χ4v) is 4.46. The Bertz CT molecular complexity index is 1110. The summed E-state index contributed by atoms with van der Waals surface area (Å²) in [5.41, 5.74) is 8.77. The summed E-state index contributed by atoms with van der Waals surface area (Å²) in [5, 5.41) is 4.16. The first-order valence-electron chi connectivity index (χ1n) is 11.3. The Hall–Kier alpha value is -2.87. The quantitative estimate of drug-likeness (QED) is 0.450. The van der Waals surface area contributed by atoms with Gasteiger partial charge in [-0.3, -0.25) is 4.79 Å². The maximum atomic E-state index is 12.4. The van der Waals surface area contributed by atoms with E-state index in [2.05, 4.69) is 20.2 Å². The molecule has 1 fully saturated rings. The Balaban J connectivity index is 1.35. The van der Waals surface area contributed by atoms with E-state index in [1.165, 1.54) is 12.8 Å². The van der Waals surface area contributed by atoms with Gasteiger partial charge in [-0.15, -0.1) is 0 Å². The predicted octanol–water partition coefficient (Wildman–Crippen LogP) is 4.48. The smallest absolute Gasteiger partial charge is 0.257 e. The zero-order chi connectivity index (χ0) is 23.9. The largest absolute Gasteiger partial charge is 0.475 e. The summed E-state index contributed by atoms with van der Waals surface area (Å²) < 4.78 is 5.78. The molecule has 9 heteroatoms. The maximum absolute atomic E-state index is 12.4. The number of halogens is 2. The minimum atomic E-state index is -0.0867. The number of hydrogen-bond donors (Lipinski definition) is 2. The van der Waals surface area contributed by atoms with Gasteiger partial charge in [-0.25, -0.2) is 9.97 Å². The van der Waals surface area contributed by atoms with Crippen molar-refractivity contribution in [1.29, 1.82) is 0 Å². The molecule has 0 atom stereocenters. The molecule has 34 heavy (non-hydrogen) atoms. The van der Waals surface area contributed by atoms with Gasteiger partial charge in [-0.05, 0) is 55.8 Å². The first kappa shape index (κ1) is 24.3. The number of nitrogen functional groups attached to an aromatic ring is 1. The number of hydrogen-bond acceptors (Lipinski definition) is 6. The Labute approximate surface area is 209 Å². The van der Waals surface area contributed by atoms with Crippen LogP contribution in [0.4, 0.5) is 5.82 Å². The van der Waals surface area contributed by atoms with E-state index in [0.29, 0.717) is 40.9 Å². The van der Waals surface area contributed by atoms with Crippen molar-refractivity contribution in [3.05, 3.63) is 69.8 Å². The van der Waals surface area contributed by atoms with Crippen LogP contribution < -0.4 is 15.8 Å². The third kappa shape index (κ3) is 6.17. The second kappa shape index (κ2) is 11.5. The normalized spacial score (nSPS) is 13.7. The van der Waals surface area contributed by atoms with Gasteiger partial charge < -0.3 is 20.7 Å². The molecule has 0 aliphatic carbocycles. The van der Waals surface area contributed by atoms with Crippen LogP contribution in [0.15, 0.2) is 48.7 Å². The van der Waals surface area contributed by atoms with E-state index in [0.717, 1.165) is 30.8 Å². The lowest BCUT2D eigenvalue weighted by Crippen LogP contribution is -2.33. The van der Waals surface area contributed by atoms with Crippen LogP contribution in [0.3, 0.4) is 0 Å². The van der Waals surface area contributed by atoms with Crippen LogP contribution in [0.2, 0.25) is 10.0 Å². The molecule has 2 aromatic carbocycles. The highest BCUT2D eigenvalue weighted by Gasteiger charge is 2.13. The van der Waals surface area contributed by atoms with Gasteiger partial charge in [0, 0.05) is 40.7 Å². The molecule has 0 radical (unpaired) electrons.